The average Bonchev–Trinajstić information content (AvgIpc) is 2.34. The highest BCUT2D eigenvalue weighted by molar-refractivity contribution is 5.48. The summed E-state index contributed by atoms with van der Waals surface area (Å²) >= 11 is 0. The van der Waals surface area contributed by atoms with Gasteiger partial charge in [-0.3, -0.25) is 10.1 Å². The SMILES string of the molecule is CC(C)NCc1ccc(OCCO)c([N+](=O)[O-])c1. The Hall–Kier alpha value is -1.66. The summed E-state index contributed by atoms with van der Waals surface area (Å²) in [5.41, 5.74) is 0.748. The number of rotatable bonds is 7. The van der Waals surface area contributed by atoms with Gasteiger partial charge in [0, 0.05) is 18.7 Å². The van der Waals surface area contributed by atoms with Gasteiger partial charge in [-0.05, 0) is 11.6 Å². The second kappa shape index (κ2) is 6.93. The molecule has 1 rings (SSSR count). The van der Waals surface area contributed by atoms with Gasteiger partial charge in [0.1, 0.15) is 6.61 Å². The zero-order chi connectivity index (χ0) is 13.5. The molecule has 2 N–H and O–H groups in total. The zero-order valence-corrected chi connectivity index (χ0v) is 10.5. The van der Waals surface area contributed by atoms with E-state index in [9.17, 15) is 10.1 Å². The van der Waals surface area contributed by atoms with E-state index in [0.717, 1.165) is 5.56 Å². The Morgan fingerprint density at radius 3 is 2.78 bits per heavy atom. The van der Waals surface area contributed by atoms with Crippen LogP contribution >= 0.6 is 0 Å². The van der Waals surface area contributed by atoms with Crippen molar-refractivity contribution in [1.29, 1.82) is 0 Å². The summed E-state index contributed by atoms with van der Waals surface area (Å²) in [5.74, 6) is 0.183. The van der Waals surface area contributed by atoms with Crippen LogP contribution in [0.5, 0.6) is 5.75 Å². The van der Waals surface area contributed by atoms with Crippen LogP contribution in [-0.4, -0.2) is 29.3 Å². The van der Waals surface area contributed by atoms with Gasteiger partial charge in [-0.2, -0.15) is 0 Å². The highest BCUT2D eigenvalue weighted by Gasteiger charge is 2.15. The maximum atomic E-state index is 10.9. The fourth-order valence-corrected chi connectivity index (χ4v) is 1.42. The van der Waals surface area contributed by atoms with E-state index >= 15 is 0 Å². The van der Waals surface area contributed by atoms with Crippen molar-refractivity contribution in [3.8, 4) is 5.75 Å². The van der Waals surface area contributed by atoms with Gasteiger partial charge in [0.15, 0.2) is 5.75 Å². The van der Waals surface area contributed by atoms with E-state index in [1.54, 1.807) is 12.1 Å². The number of benzene rings is 1. The number of nitrogens with one attached hydrogen (secondary N) is 1. The molecule has 0 bridgehead atoms. The molecule has 18 heavy (non-hydrogen) atoms. The quantitative estimate of drug-likeness (QED) is 0.568. The molecular weight excluding hydrogens is 236 g/mol. The Labute approximate surface area is 106 Å². The van der Waals surface area contributed by atoms with Crippen LogP contribution in [-0.2, 0) is 6.54 Å². The van der Waals surface area contributed by atoms with Crippen molar-refractivity contribution in [1.82, 2.24) is 5.32 Å². The van der Waals surface area contributed by atoms with Gasteiger partial charge in [0.25, 0.3) is 0 Å². The van der Waals surface area contributed by atoms with Gasteiger partial charge in [0.05, 0.1) is 11.5 Å². The minimum atomic E-state index is -0.481. The van der Waals surface area contributed by atoms with Crippen LogP contribution in [0, 0.1) is 10.1 Å². The normalized spacial score (nSPS) is 10.7. The molecule has 0 aliphatic heterocycles. The number of ether oxygens (including phenoxy) is 1. The largest absolute Gasteiger partial charge is 0.484 e. The van der Waals surface area contributed by atoms with Crippen LogP contribution in [0.2, 0.25) is 0 Å². The third kappa shape index (κ3) is 4.31. The summed E-state index contributed by atoms with van der Waals surface area (Å²) < 4.78 is 5.12. The van der Waals surface area contributed by atoms with Gasteiger partial charge < -0.3 is 15.2 Å². The Balaban J connectivity index is 2.85. The molecule has 0 saturated carbocycles. The van der Waals surface area contributed by atoms with E-state index in [4.69, 9.17) is 9.84 Å². The van der Waals surface area contributed by atoms with E-state index in [1.165, 1.54) is 6.07 Å². The minimum absolute atomic E-state index is 0.0461. The first-order valence-electron chi connectivity index (χ1n) is 5.79. The molecule has 6 heteroatoms. The van der Waals surface area contributed by atoms with E-state index in [-0.39, 0.29) is 24.7 Å². The molecule has 0 radical (unpaired) electrons. The molecule has 100 valence electrons. The van der Waals surface area contributed by atoms with Crippen LogP contribution in [0.4, 0.5) is 5.69 Å². The molecule has 0 fully saturated rings. The molecule has 0 heterocycles. The van der Waals surface area contributed by atoms with E-state index < -0.39 is 4.92 Å². The summed E-state index contributed by atoms with van der Waals surface area (Å²) in [6, 6.07) is 5.14. The van der Waals surface area contributed by atoms with Crippen molar-refractivity contribution in [3.63, 3.8) is 0 Å². The first-order chi connectivity index (χ1) is 8.54. The summed E-state index contributed by atoms with van der Waals surface area (Å²) in [6.45, 7) is 4.46. The van der Waals surface area contributed by atoms with Gasteiger partial charge in [-0.1, -0.05) is 19.9 Å². The average molecular weight is 254 g/mol. The molecule has 0 amide bonds. The fraction of sp³-hybridized carbons (Fsp3) is 0.500. The maximum absolute atomic E-state index is 10.9. The molecule has 0 aromatic heterocycles. The van der Waals surface area contributed by atoms with Crippen LogP contribution < -0.4 is 10.1 Å². The van der Waals surface area contributed by atoms with Crippen molar-refractivity contribution < 1.29 is 14.8 Å². The van der Waals surface area contributed by atoms with Crippen molar-refractivity contribution >= 4 is 5.69 Å². The summed E-state index contributed by atoms with van der Waals surface area (Å²) in [6.07, 6.45) is 0. The molecule has 0 atom stereocenters. The smallest absolute Gasteiger partial charge is 0.311 e. The Kier molecular flexibility index (Phi) is 5.54. The zero-order valence-electron chi connectivity index (χ0n) is 10.5. The monoisotopic (exact) mass is 254 g/mol. The molecule has 0 spiro atoms. The first-order valence-corrected chi connectivity index (χ1v) is 5.79. The highest BCUT2D eigenvalue weighted by Crippen LogP contribution is 2.27. The molecule has 6 nitrogen and oxygen atoms in total. The predicted octanol–water partition coefficient (Wildman–Crippen LogP) is 1.46. The molecule has 1 aromatic rings. The number of hydrogen-bond donors (Lipinski definition) is 2. The lowest BCUT2D eigenvalue weighted by Crippen LogP contribution is -2.21. The predicted molar refractivity (Wildman–Crippen MR) is 67.7 cm³/mol. The fourth-order valence-electron chi connectivity index (χ4n) is 1.42. The Morgan fingerprint density at radius 2 is 2.22 bits per heavy atom. The number of hydrogen-bond acceptors (Lipinski definition) is 5. The third-order valence-corrected chi connectivity index (χ3v) is 2.28. The third-order valence-electron chi connectivity index (χ3n) is 2.28. The van der Waals surface area contributed by atoms with E-state index in [2.05, 4.69) is 5.32 Å². The minimum Gasteiger partial charge on any atom is -0.484 e. The molecule has 0 saturated heterocycles. The van der Waals surface area contributed by atoms with Crippen LogP contribution in [0.25, 0.3) is 0 Å². The van der Waals surface area contributed by atoms with Crippen molar-refractivity contribution in [2.45, 2.75) is 26.4 Å². The Bertz CT molecular complexity index is 407. The van der Waals surface area contributed by atoms with Crippen LogP contribution in [0.3, 0.4) is 0 Å². The summed E-state index contributed by atoms with van der Waals surface area (Å²) in [7, 11) is 0. The van der Waals surface area contributed by atoms with Crippen molar-refractivity contribution in [2.24, 2.45) is 0 Å². The van der Waals surface area contributed by atoms with Crippen LogP contribution in [0.15, 0.2) is 18.2 Å². The first kappa shape index (κ1) is 14.4. The molecular formula is C12H18N2O4. The molecule has 0 aliphatic carbocycles. The number of nitro groups is 1. The van der Waals surface area contributed by atoms with Gasteiger partial charge in [0.2, 0.25) is 0 Å². The van der Waals surface area contributed by atoms with Crippen molar-refractivity contribution in [2.75, 3.05) is 13.2 Å². The molecule has 0 unspecified atom stereocenters. The number of nitrogens with zero attached hydrogens (tertiary/aromatic N) is 1. The lowest BCUT2D eigenvalue weighted by molar-refractivity contribution is -0.385. The second-order valence-corrected chi connectivity index (χ2v) is 4.17. The van der Waals surface area contributed by atoms with Crippen LogP contribution in [0.1, 0.15) is 19.4 Å². The van der Waals surface area contributed by atoms with E-state index in [1.807, 2.05) is 13.8 Å². The summed E-state index contributed by atoms with van der Waals surface area (Å²) in [5, 5.41) is 22.8. The second-order valence-electron chi connectivity index (χ2n) is 4.17. The number of nitro benzene ring substituents is 1. The molecule has 0 aliphatic rings. The number of aliphatic hydroxyl groups excluding tert-OH is 1. The standard InChI is InChI=1S/C12H18N2O4/c1-9(2)13-8-10-3-4-12(18-6-5-15)11(7-10)14(16)17/h3-4,7,9,13,15H,5-6,8H2,1-2H3. The Morgan fingerprint density at radius 1 is 1.50 bits per heavy atom. The maximum Gasteiger partial charge on any atom is 0.311 e. The lowest BCUT2D eigenvalue weighted by Gasteiger charge is -2.10. The van der Waals surface area contributed by atoms with E-state index in [0.29, 0.717) is 12.6 Å². The van der Waals surface area contributed by atoms with Crippen molar-refractivity contribution in [3.05, 3.63) is 33.9 Å². The molecule has 1 aromatic carbocycles. The number of aliphatic hydroxyl groups is 1. The highest BCUT2D eigenvalue weighted by atomic mass is 16.6. The topological polar surface area (TPSA) is 84.6 Å². The van der Waals surface area contributed by atoms with Gasteiger partial charge >= 0.3 is 5.69 Å². The van der Waals surface area contributed by atoms with Gasteiger partial charge in [-0.25, -0.2) is 0 Å². The lowest BCUT2D eigenvalue weighted by atomic mass is 10.2. The van der Waals surface area contributed by atoms with Gasteiger partial charge in [-0.15, -0.1) is 0 Å². The summed E-state index contributed by atoms with van der Waals surface area (Å²) in [4.78, 5) is 10.4.